The molecule has 1 aliphatic rings. The predicted molar refractivity (Wildman–Crippen MR) is 84.2 cm³/mol. The van der Waals surface area contributed by atoms with E-state index in [-0.39, 0.29) is 0 Å². The third kappa shape index (κ3) is 4.41. The largest absolute Gasteiger partial charge is 0.361 e. The second kappa shape index (κ2) is 7.31. The minimum absolute atomic E-state index is 0.609. The molecule has 2 nitrogen and oxygen atoms in total. The SMILES string of the molecule is CC[C@H]1CSC(=NCCSc2ccc(Cl)cc2)N1. The number of amidine groups is 1. The van der Waals surface area contributed by atoms with Crippen molar-refractivity contribution in [2.75, 3.05) is 18.1 Å². The first-order valence-electron chi connectivity index (χ1n) is 6.10. The highest BCUT2D eigenvalue weighted by molar-refractivity contribution is 8.14. The summed E-state index contributed by atoms with van der Waals surface area (Å²) in [4.78, 5) is 5.82. The first-order chi connectivity index (χ1) is 8.78. The molecule has 1 N–H and O–H groups in total. The number of benzene rings is 1. The Kier molecular flexibility index (Phi) is 5.73. The lowest BCUT2D eigenvalue weighted by Gasteiger charge is -2.04. The number of thioether (sulfide) groups is 2. The van der Waals surface area contributed by atoms with Gasteiger partial charge in [0.1, 0.15) is 0 Å². The zero-order valence-corrected chi connectivity index (χ0v) is 12.7. The van der Waals surface area contributed by atoms with E-state index in [0.29, 0.717) is 6.04 Å². The van der Waals surface area contributed by atoms with E-state index in [2.05, 4.69) is 29.4 Å². The van der Waals surface area contributed by atoms with Gasteiger partial charge in [0.25, 0.3) is 0 Å². The number of aliphatic imine (C=N–C) groups is 1. The lowest BCUT2D eigenvalue weighted by molar-refractivity contribution is 0.667. The van der Waals surface area contributed by atoms with Crippen molar-refractivity contribution in [3.63, 3.8) is 0 Å². The quantitative estimate of drug-likeness (QED) is 0.659. The van der Waals surface area contributed by atoms with Gasteiger partial charge < -0.3 is 5.32 Å². The third-order valence-electron chi connectivity index (χ3n) is 2.67. The van der Waals surface area contributed by atoms with Gasteiger partial charge in [-0.25, -0.2) is 0 Å². The molecule has 0 aromatic heterocycles. The second-order valence-electron chi connectivity index (χ2n) is 4.05. The van der Waals surface area contributed by atoms with Gasteiger partial charge >= 0.3 is 0 Å². The lowest BCUT2D eigenvalue weighted by atomic mass is 10.3. The van der Waals surface area contributed by atoms with Crippen molar-refractivity contribution in [1.82, 2.24) is 5.32 Å². The molecule has 5 heteroatoms. The second-order valence-corrected chi connectivity index (χ2v) is 6.66. The molecule has 1 saturated heterocycles. The van der Waals surface area contributed by atoms with Crippen LogP contribution in [-0.4, -0.2) is 29.3 Å². The number of halogens is 1. The van der Waals surface area contributed by atoms with Crippen LogP contribution in [0.5, 0.6) is 0 Å². The summed E-state index contributed by atoms with van der Waals surface area (Å²) < 4.78 is 0. The normalized spacial score (nSPS) is 21.2. The first kappa shape index (κ1) is 14.1. The van der Waals surface area contributed by atoms with Gasteiger partial charge in [0.2, 0.25) is 0 Å². The van der Waals surface area contributed by atoms with Gasteiger partial charge in [0.15, 0.2) is 5.17 Å². The monoisotopic (exact) mass is 300 g/mol. The van der Waals surface area contributed by atoms with Crippen LogP contribution in [0.2, 0.25) is 5.02 Å². The molecule has 0 bridgehead atoms. The Morgan fingerprint density at radius 2 is 2.22 bits per heavy atom. The van der Waals surface area contributed by atoms with Crippen LogP contribution in [0.15, 0.2) is 34.2 Å². The molecule has 1 aliphatic heterocycles. The van der Waals surface area contributed by atoms with Crippen molar-refractivity contribution in [3.8, 4) is 0 Å². The fraction of sp³-hybridized carbons (Fsp3) is 0.462. The summed E-state index contributed by atoms with van der Waals surface area (Å²) in [6, 6.07) is 8.56. The van der Waals surface area contributed by atoms with Gasteiger partial charge in [0.05, 0.1) is 6.54 Å². The summed E-state index contributed by atoms with van der Waals surface area (Å²) in [5.74, 6) is 2.16. The minimum atomic E-state index is 0.609. The average molecular weight is 301 g/mol. The van der Waals surface area contributed by atoms with E-state index in [9.17, 15) is 0 Å². The maximum Gasteiger partial charge on any atom is 0.156 e. The molecule has 1 fully saturated rings. The smallest absolute Gasteiger partial charge is 0.156 e. The van der Waals surface area contributed by atoms with Crippen LogP contribution in [0, 0.1) is 0 Å². The third-order valence-corrected chi connectivity index (χ3v) is 5.00. The summed E-state index contributed by atoms with van der Waals surface area (Å²) >= 11 is 9.50. The number of rotatable bonds is 5. The molecular weight excluding hydrogens is 284 g/mol. The minimum Gasteiger partial charge on any atom is -0.361 e. The van der Waals surface area contributed by atoms with Crippen LogP contribution in [0.25, 0.3) is 0 Å². The Bertz CT molecular complexity index is 406. The van der Waals surface area contributed by atoms with E-state index in [1.807, 2.05) is 35.7 Å². The molecule has 0 aliphatic carbocycles. The molecule has 0 unspecified atom stereocenters. The van der Waals surface area contributed by atoms with Crippen molar-refractivity contribution < 1.29 is 0 Å². The number of nitrogens with zero attached hydrogens (tertiary/aromatic N) is 1. The molecule has 98 valence electrons. The zero-order chi connectivity index (χ0) is 12.8. The Labute approximate surface area is 122 Å². The van der Waals surface area contributed by atoms with Crippen LogP contribution < -0.4 is 5.32 Å². The van der Waals surface area contributed by atoms with E-state index >= 15 is 0 Å². The summed E-state index contributed by atoms with van der Waals surface area (Å²) in [7, 11) is 0. The topological polar surface area (TPSA) is 24.4 Å². The highest BCUT2D eigenvalue weighted by Crippen LogP contribution is 2.20. The Morgan fingerprint density at radius 3 is 2.89 bits per heavy atom. The average Bonchev–Trinajstić information content (AvgIpc) is 2.85. The van der Waals surface area contributed by atoms with E-state index < -0.39 is 0 Å². The summed E-state index contributed by atoms with van der Waals surface area (Å²) in [6.07, 6.45) is 1.17. The van der Waals surface area contributed by atoms with Gasteiger partial charge in [-0.05, 0) is 30.7 Å². The van der Waals surface area contributed by atoms with Crippen molar-refractivity contribution in [3.05, 3.63) is 29.3 Å². The van der Waals surface area contributed by atoms with Crippen molar-refractivity contribution in [2.45, 2.75) is 24.3 Å². The van der Waals surface area contributed by atoms with Gasteiger partial charge in [0, 0.05) is 27.5 Å². The molecule has 1 atom stereocenters. The Morgan fingerprint density at radius 1 is 1.44 bits per heavy atom. The van der Waals surface area contributed by atoms with Crippen LogP contribution in [0.1, 0.15) is 13.3 Å². The van der Waals surface area contributed by atoms with Gasteiger partial charge in [-0.2, -0.15) is 0 Å². The van der Waals surface area contributed by atoms with Crippen LogP contribution >= 0.6 is 35.1 Å². The number of nitrogens with one attached hydrogen (secondary N) is 1. The van der Waals surface area contributed by atoms with E-state index in [4.69, 9.17) is 11.6 Å². The number of hydrogen-bond acceptors (Lipinski definition) is 3. The van der Waals surface area contributed by atoms with Crippen molar-refractivity contribution >= 4 is 40.3 Å². The molecule has 1 heterocycles. The number of hydrogen-bond donors (Lipinski definition) is 1. The summed E-state index contributed by atoms with van der Waals surface area (Å²) in [5.41, 5.74) is 0. The predicted octanol–water partition coefficient (Wildman–Crippen LogP) is 3.90. The van der Waals surface area contributed by atoms with Crippen LogP contribution in [0.3, 0.4) is 0 Å². The highest BCUT2D eigenvalue weighted by atomic mass is 35.5. The summed E-state index contributed by atoms with van der Waals surface area (Å²) in [6.45, 7) is 3.07. The van der Waals surface area contributed by atoms with Gasteiger partial charge in [-0.1, -0.05) is 30.3 Å². The maximum absolute atomic E-state index is 5.84. The van der Waals surface area contributed by atoms with Crippen molar-refractivity contribution in [2.24, 2.45) is 4.99 Å². The molecular formula is C13H17ClN2S2. The zero-order valence-electron chi connectivity index (χ0n) is 10.4. The highest BCUT2D eigenvalue weighted by Gasteiger charge is 2.17. The molecule has 1 aromatic carbocycles. The van der Waals surface area contributed by atoms with E-state index in [1.54, 1.807) is 0 Å². The Hall–Kier alpha value is -0.320. The van der Waals surface area contributed by atoms with E-state index in [1.165, 1.54) is 11.3 Å². The first-order valence-corrected chi connectivity index (χ1v) is 8.45. The molecule has 2 rings (SSSR count). The van der Waals surface area contributed by atoms with Gasteiger partial charge in [-0.3, -0.25) is 4.99 Å². The molecule has 18 heavy (non-hydrogen) atoms. The molecule has 0 radical (unpaired) electrons. The van der Waals surface area contributed by atoms with Crippen LogP contribution in [-0.2, 0) is 0 Å². The van der Waals surface area contributed by atoms with Gasteiger partial charge in [-0.15, -0.1) is 11.8 Å². The van der Waals surface area contributed by atoms with Crippen molar-refractivity contribution in [1.29, 1.82) is 0 Å². The molecule has 0 amide bonds. The molecule has 1 aromatic rings. The fourth-order valence-electron chi connectivity index (χ4n) is 1.59. The van der Waals surface area contributed by atoms with Crippen LogP contribution in [0.4, 0.5) is 0 Å². The molecule has 0 saturated carbocycles. The van der Waals surface area contributed by atoms with E-state index in [0.717, 1.165) is 28.2 Å². The lowest BCUT2D eigenvalue weighted by Crippen LogP contribution is -2.25. The Balaban J connectivity index is 1.70. The molecule has 0 spiro atoms. The summed E-state index contributed by atoms with van der Waals surface area (Å²) in [5, 5.41) is 5.33. The standard InChI is InChI=1S/C13H17ClN2S2/c1-2-11-9-18-13(16-11)15-7-8-17-12-5-3-10(14)4-6-12/h3-6,11H,2,7-9H2,1H3,(H,15,16)/t11-/m0/s1. The maximum atomic E-state index is 5.84. The fourth-order valence-corrected chi connectivity index (χ4v) is 3.57.